The van der Waals surface area contributed by atoms with E-state index >= 15 is 0 Å². The molecule has 8 aromatic carbocycles. The van der Waals surface area contributed by atoms with E-state index in [4.69, 9.17) is 4.42 Å². The summed E-state index contributed by atoms with van der Waals surface area (Å²) in [6.07, 6.45) is 0. The van der Waals surface area contributed by atoms with E-state index in [1.165, 1.54) is 83.1 Å². The molecule has 0 N–H and O–H groups in total. The zero-order valence-corrected chi connectivity index (χ0v) is 25.9. The Hall–Kier alpha value is -6.18. The van der Waals surface area contributed by atoms with Gasteiger partial charge in [-0.2, -0.15) is 0 Å². The van der Waals surface area contributed by atoms with Crippen LogP contribution in [0.2, 0.25) is 0 Å². The van der Waals surface area contributed by atoms with E-state index in [0.29, 0.717) is 0 Å². The summed E-state index contributed by atoms with van der Waals surface area (Å²) in [7, 11) is 0. The second-order valence-electron chi connectivity index (χ2n) is 13.5. The Kier molecular flexibility index (Phi) is 4.47. The highest BCUT2D eigenvalue weighted by Gasteiger charge is 2.52. The number of furan rings is 1. The summed E-state index contributed by atoms with van der Waals surface area (Å²) >= 11 is 0. The van der Waals surface area contributed by atoms with Crippen LogP contribution in [0.4, 0.5) is 0 Å². The van der Waals surface area contributed by atoms with Crippen LogP contribution < -0.4 is 0 Å². The van der Waals surface area contributed by atoms with Gasteiger partial charge in [0.25, 0.3) is 0 Å². The van der Waals surface area contributed by atoms with Crippen LogP contribution in [0.3, 0.4) is 0 Å². The van der Waals surface area contributed by atoms with Crippen LogP contribution in [0.5, 0.6) is 0 Å². The van der Waals surface area contributed by atoms with Gasteiger partial charge < -0.3 is 4.42 Å². The highest BCUT2D eigenvalue weighted by molar-refractivity contribution is 6.21. The number of benzene rings is 8. The van der Waals surface area contributed by atoms with Gasteiger partial charge in [0.15, 0.2) is 0 Å². The fraction of sp³-hybridized carbons (Fsp3) is 0.0213. The minimum absolute atomic E-state index is 0.451. The van der Waals surface area contributed by atoms with Crippen LogP contribution in [-0.4, -0.2) is 0 Å². The van der Waals surface area contributed by atoms with E-state index in [1.54, 1.807) is 0 Å². The summed E-state index contributed by atoms with van der Waals surface area (Å²) in [5.74, 6) is 0. The highest BCUT2D eigenvalue weighted by atomic mass is 16.3. The predicted octanol–water partition coefficient (Wildman–Crippen LogP) is 12.4. The third kappa shape index (κ3) is 2.78. The molecule has 0 amide bonds. The van der Waals surface area contributed by atoms with Gasteiger partial charge in [-0.1, -0.05) is 140 Å². The third-order valence-corrected chi connectivity index (χ3v) is 11.4. The molecule has 0 fully saturated rings. The van der Waals surface area contributed by atoms with Gasteiger partial charge in [-0.05, 0) is 101 Å². The largest absolute Gasteiger partial charge is 0.455 e. The maximum Gasteiger partial charge on any atom is 0.143 e. The van der Waals surface area contributed by atoms with Crippen molar-refractivity contribution in [2.45, 2.75) is 5.41 Å². The van der Waals surface area contributed by atoms with Crippen molar-refractivity contribution in [1.82, 2.24) is 0 Å². The first kappa shape index (κ1) is 25.0. The lowest BCUT2D eigenvalue weighted by molar-refractivity contribution is 0.670. The fourth-order valence-corrected chi connectivity index (χ4v) is 9.64. The summed E-state index contributed by atoms with van der Waals surface area (Å²) in [6.45, 7) is 0. The molecule has 0 saturated heterocycles. The summed E-state index contributed by atoms with van der Waals surface area (Å²) in [5.41, 5.74) is 19.8. The molecule has 1 atom stereocenters. The van der Waals surface area contributed by atoms with Gasteiger partial charge in [0, 0.05) is 16.3 Å². The SMILES string of the molecule is c1ccc2c(c1)-c1cccc3c4c(cc-2c13)C1(c2ccccc2-c2ccc(-c3cccc5c3oc3ccccc35)cc21)c1ccccc1-4. The molecule has 0 saturated carbocycles. The summed E-state index contributed by atoms with van der Waals surface area (Å²) < 4.78 is 6.57. The van der Waals surface area contributed by atoms with E-state index in [1.807, 2.05) is 6.07 Å². The first-order chi connectivity index (χ1) is 23.8. The van der Waals surface area contributed by atoms with Gasteiger partial charge in [0.2, 0.25) is 0 Å². The van der Waals surface area contributed by atoms with Crippen molar-refractivity contribution in [3.8, 4) is 55.6 Å². The van der Waals surface area contributed by atoms with Crippen molar-refractivity contribution in [3.63, 3.8) is 0 Å². The average Bonchev–Trinajstić information content (AvgIpc) is 3.86. The van der Waals surface area contributed by atoms with E-state index in [-0.39, 0.29) is 0 Å². The smallest absolute Gasteiger partial charge is 0.143 e. The van der Waals surface area contributed by atoms with Crippen LogP contribution in [0.25, 0.3) is 88.3 Å². The minimum Gasteiger partial charge on any atom is -0.455 e. The van der Waals surface area contributed by atoms with Crippen molar-refractivity contribution in [2.24, 2.45) is 0 Å². The number of hydrogen-bond donors (Lipinski definition) is 0. The molecule has 0 bridgehead atoms. The van der Waals surface area contributed by atoms with Gasteiger partial charge in [-0.3, -0.25) is 0 Å². The van der Waals surface area contributed by atoms with Crippen molar-refractivity contribution >= 4 is 32.7 Å². The fourth-order valence-electron chi connectivity index (χ4n) is 9.64. The molecule has 0 aliphatic heterocycles. The molecule has 9 aromatic rings. The number of para-hydroxylation sites is 2. The van der Waals surface area contributed by atoms with E-state index in [0.717, 1.165) is 27.5 Å². The maximum absolute atomic E-state index is 6.57. The molecule has 0 radical (unpaired) electrons. The van der Waals surface area contributed by atoms with Gasteiger partial charge in [0.05, 0.1) is 5.41 Å². The van der Waals surface area contributed by atoms with Gasteiger partial charge >= 0.3 is 0 Å². The summed E-state index contributed by atoms with van der Waals surface area (Å²) in [4.78, 5) is 0. The lowest BCUT2D eigenvalue weighted by Gasteiger charge is -2.31. The molecule has 1 nitrogen and oxygen atoms in total. The number of hydrogen-bond acceptors (Lipinski definition) is 1. The lowest BCUT2D eigenvalue weighted by atomic mass is 9.69. The Morgan fingerprint density at radius 1 is 0.354 bits per heavy atom. The molecule has 1 spiro atoms. The number of rotatable bonds is 1. The predicted molar refractivity (Wildman–Crippen MR) is 197 cm³/mol. The van der Waals surface area contributed by atoms with Crippen LogP contribution in [0.15, 0.2) is 162 Å². The van der Waals surface area contributed by atoms with Gasteiger partial charge in [0.1, 0.15) is 11.2 Å². The molecule has 1 heteroatoms. The van der Waals surface area contributed by atoms with Crippen LogP contribution >= 0.6 is 0 Å². The molecule has 12 rings (SSSR count). The summed E-state index contributed by atoms with van der Waals surface area (Å²) in [5, 5.41) is 5.03. The minimum atomic E-state index is -0.451. The van der Waals surface area contributed by atoms with Gasteiger partial charge in [-0.15, -0.1) is 0 Å². The van der Waals surface area contributed by atoms with Crippen molar-refractivity contribution in [2.75, 3.05) is 0 Å². The standard InChI is InChI=1S/C47H26O/c1-2-12-30-29(11-1)34-17-10-19-37-44(34)38(30)26-42-45(37)36-15-4-7-21-40(36)47(42)39-20-6-3-13-31(39)32-24-23-27(25-41(32)47)28-16-9-18-35-33-14-5-8-22-43(33)48-46(28)35/h1-26H. The molecule has 48 heavy (non-hydrogen) atoms. The average molecular weight is 607 g/mol. The second-order valence-corrected chi connectivity index (χ2v) is 13.5. The Labute approximate surface area is 277 Å². The molecule has 3 aliphatic carbocycles. The molecule has 1 unspecified atom stereocenters. The zero-order chi connectivity index (χ0) is 31.1. The van der Waals surface area contributed by atoms with Crippen molar-refractivity contribution in [1.29, 1.82) is 0 Å². The van der Waals surface area contributed by atoms with E-state index in [9.17, 15) is 0 Å². The monoisotopic (exact) mass is 606 g/mol. The van der Waals surface area contributed by atoms with Crippen molar-refractivity contribution in [3.05, 3.63) is 180 Å². The Morgan fingerprint density at radius 3 is 1.81 bits per heavy atom. The molecule has 3 aliphatic rings. The molecule has 1 heterocycles. The maximum atomic E-state index is 6.57. The Bertz CT molecular complexity index is 2900. The molecular formula is C47H26O. The second kappa shape index (κ2) is 8.59. The quantitative estimate of drug-likeness (QED) is 0.181. The third-order valence-electron chi connectivity index (χ3n) is 11.4. The first-order valence-corrected chi connectivity index (χ1v) is 16.8. The van der Waals surface area contributed by atoms with Crippen LogP contribution in [0.1, 0.15) is 22.3 Å². The normalized spacial score (nSPS) is 16.0. The van der Waals surface area contributed by atoms with Gasteiger partial charge in [-0.25, -0.2) is 0 Å². The van der Waals surface area contributed by atoms with Crippen LogP contribution in [0, 0.1) is 0 Å². The lowest BCUT2D eigenvalue weighted by Crippen LogP contribution is -2.26. The Balaban J connectivity index is 1.22. The Morgan fingerprint density at radius 2 is 0.958 bits per heavy atom. The van der Waals surface area contributed by atoms with Crippen LogP contribution in [-0.2, 0) is 5.41 Å². The topological polar surface area (TPSA) is 13.1 Å². The highest BCUT2D eigenvalue weighted by Crippen LogP contribution is 2.66. The number of fused-ring (bicyclic) bond motifs is 17. The first-order valence-electron chi connectivity index (χ1n) is 16.8. The molecule has 220 valence electrons. The van der Waals surface area contributed by atoms with E-state index in [2.05, 4.69) is 152 Å². The molecular weight excluding hydrogens is 581 g/mol. The van der Waals surface area contributed by atoms with Crippen molar-refractivity contribution < 1.29 is 4.42 Å². The summed E-state index contributed by atoms with van der Waals surface area (Å²) in [6, 6.07) is 58.7. The van der Waals surface area contributed by atoms with E-state index < -0.39 is 5.41 Å². The zero-order valence-electron chi connectivity index (χ0n) is 25.9. The molecule has 1 aromatic heterocycles.